The molecule has 0 bridgehead atoms. The molecule has 1 aromatic heterocycles. The molecule has 0 radical (unpaired) electrons. The van der Waals surface area contributed by atoms with Crippen LogP contribution in [0.2, 0.25) is 0 Å². The zero-order valence-corrected chi connectivity index (χ0v) is 19.0. The van der Waals surface area contributed by atoms with Crippen LogP contribution in [0.4, 0.5) is 10.1 Å². The molecule has 33 heavy (non-hydrogen) atoms. The molecule has 0 spiro atoms. The van der Waals surface area contributed by atoms with Crippen LogP contribution in [-0.4, -0.2) is 37.1 Å². The maximum Gasteiger partial charge on any atom is 0.303 e. The molecule has 2 aromatic carbocycles. The molecular formula is C24H23FN2O5S. The Labute approximate surface area is 191 Å². The first-order chi connectivity index (χ1) is 15.6. The average Bonchev–Trinajstić information content (AvgIpc) is 2.78. The Bertz CT molecular complexity index is 1330. The third kappa shape index (κ3) is 4.68. The van der Waals surface area contributed by atoms with Crippen molar-refractivity contribution in [1.82, 2.24) is 4.98 Å². The summed E-state index contributed by atoms with van der Waals surface area (Å²) in [6.07, 6.45) is 0.507. The molecule has 2 heterocycles. The summed E-state index contributed by atoms with van der Waals surface area (Å²) in [5.41, 5.74) is 2.83. The zero-order valence-electron chi connectivity index (χ0n) is 18.2. The van der Waals surface area contributed by atoms with E-state index in [4.69, 9.17) is 9.84 Å². The van der Waals surface area contributed by atoms with Crippen LogP contribution in [0.3, 0.4) is 0 Å². The second kappa shape index (κ2) is 8.82. The number of anilines is 1. The summed E-state index contributed by atoms with van der Waals surface area (Å²) in [5, 5.41) is 9.06. The Hall–Kier alpha value is -3.46. The summed E-state index contributed by atoms with van der Waals surface area (Å²) < 4.78 is 48.3. The Morgan fingerprint density at radius 2 is 2.00 bits per heavy atom. The third-order valence-electron chi connectivity index (χ3n) is 5.51. The Balaban J connectivity index is 1.82. The minimum absolute atomic E-state index is 0.0413. The standard InChI is InChI=1S/C24H23FN2O5S/c1-15-4-3-5-20(10-15)33(30,31)27-14-19(7-9-24(28)29)32-23-8-6-17(11-22(23)27)21-12-18(25)13-26-16(21)2/h3-6,8,10-13,19H,7,9,14H2,1-2H3,(H,28,29)/t19-/m0/s1. The first-order valence-corrected chi connectivity index (χ1v) is 11.8. The minimum Gasteiger partial charge on any atom is -0.486 e. The molecule has 0 fully saturated rings. The van der Waals surface area contributed by atoms with Crippen LogP contribution in [0.15, 0.2) is 59.6 Å². The fourth-order valence-electron chi connectivity index (χ4n) is 3.84. The van der Waals surface area contributed by atoms with Crippen LogP contribution >= 0.6 is 0 Å². The lowest BCUT2D eigenvalue weighted by Gasteiger charge is -2.35. The van der Waals surface area contributed by atoms with Gasteiger partial charge in [0, 0.05) is 17.7 Å². The van der Waals surface area contributed by atoms with Gasteiger partial charge in [-0.2, -0.15) is 0 Å². The van der Waals surface area contributed by atoms with Gasteiger partial charge in [-0.15, -0.1) is 0 Å². The largest absolute Gasteiger partial charge is 0.486 e. The second-order valence-corrected chi connectivity index (χ2v) is 9.86. The number of ether oxygens (including phenoxy) is 1. The molecule has 1 aliphatic heterocycles. The van der Waals surface area contributed by atoms with E-state index < -0.39 is 27.9 Å². The third-order valence-corrected chi connectivity index (χ3v) is 7.29. The number of carboxylic acids is 1. The average molecular weight is 471 g/mol. The predicted molar refractivity (Wildman–Crippen MR) is 121 cm³/mol. The molecule has 0 saturated heterocycles. The van der Waals surface area contributed by atoms with Crippen molar-refractivity contribution in [2.75, 3.05) is 10.8 Å². The molecule has 1 N–H and O–H groups in total. The first kappa shape index (κ1) is 22.7. The number of fused-ring (bicyclic) bond motifs is 1. The van der Waals surface area contributed by atoms with E-state index in [2.05, 4.69) is 4.98 Å². The maximum absolute atomic E-state index is 13.9. The van der Waals surface area contributed by atoms with E-state index in [1.54, 1.807) is 50.2 Å². The molecule has 9 heteroatoms. The van der Waals surface area contributed by atoms with Gasteiger partial charge in [0.25, 0.3) is 10.0 Å². The van der Waals surface area contributed by atoms with Gasteiger partial charge < -0.3 is 9.84 Å². The number of rotatable bonds is 6. The fourth-order valence-corrected chi connectivity index (χ4v) is 5.45. The molecule has 3 aromatic rings. The molecule has 1 atom stereocenters. The number of aliphatic carboxylic acids is 1. The number of aryl methyl sites for hydroxylation is 2. The summed E-state index contributed by atoms with van der Waals surface area (Å²) in [6.45, 7) is 3.51. The van der Waals surface area contributed by atoms with Crippen molar-refractivity contribution in [3.05, 3.63) is 71.8 Å². The smallest absolute Gasteiger partial charge is 0.303 e. The molecule has 0 aliphatic carbocycles. The van der Waals surface area contributed by atoms with Crippen molar-refractivity contribution >= 4 is 21.7 Å². The number of carboxylic acid groups (broad SMARTS) is 1. The van der Waals surface area contributed by atoms with Gasteiger partial charge in [0.1, 0.15) is 17.7 Å². The number of sulfonamides is 1. The zero-order chi connectivity index (χ0) is 23.8. The van der Waals surface area contributed by atoms with E-state index in [0.717, 1.165) is 11.8 Å². The Morgan fingerprint density at radius 1 is 1.21 bits per heavy atom. The highest BCUT2D eigenvalue weighted by Crippen LogP contribution is 2.41. The quantitative estimate of drug-likeness (QED) is 0.576. The minimum atomic E-state index is -3.97. The van der Waals surface area contributed by atoms with Gasteiger partial charge in [-0.05, 0) is 61.7 Å². The molecule has 0 amide bonds. The predicted octanol–water partition coefficient (Wildman–Crippen LogP) is 4.33. The number of benzene rings is 2. The summed E-state index contributed by atoms with van der Waals surface area (Å²) in [7, 11) is -3.97. The number of hydrogen-bond donors (Lipinski definition) is 1. The van der Waals surface area contributed by atoms with Gasteiger partial charge in [-0.3, -0.25) is 14.1 Å². The van der Waals surface area contributed by atoms with Crippen molar-refractivity contribution in [1.29, 1.82) is 0 Å². The lowest BCUT2D eigenvalue weighted by Crippen LogP contribution is -2.43. The van der Waals surface area contributed by atoms with E-state index in [1.165, 1.54) is 16.4 Å². The molecule has 4 rings (SSSR count). The number of pyridine rings is 1. The van der Waals surface area contributed by atoms with Gasteiger partial charge in [-0.1, -0.05) is 18.2 Å². The Morgan fingerprint density at radius 3 is 2.73 bits per heavy atom. The van der Waals surface area contributed by atoms with Gasteiger partial charge in [-0.25, -0.2) is 12.8 Å². The van der Waals surface area contributed by atoms with Gasteiger partial charge >= 0.3 is 5.97 Å². The van der Waals surface area contributed by atoms with Crippen LogP contribution in [-0.2, 0) is 14.8 Å². The molecule has 172 valence electrons. The lowest BCUT2D eigenvalue weighted by molar-refractivity contribution is -0.137. The molecular weight excluding hydrogens is 447 g/mol. The van der Waals surface area contributed by atoms with Crippen molar-refractivity contribution in [2.24, 2.45) is 0 Å². The normalized spacial score (nSPS) is 15.6. The van der Waals surface area contributed by atoms with E-state index in [-0.39, 0.29) is 24.3 Å². The van der Waals surface area contributed by atoms with Gasteiger partial charge in [0.15, 0.2) is 0 Å². The highest BCUT2D eigenvalue weighted by Gasteiger charge is 2.35. The first-order valence-electron chi connectivity index (χ1n) is 10.4. The van der Waals surface area contributed by atoms with Gasteiger partial charge in [0.2, 0.25) is 0 Å². The number of halogens is 1. The van der Waals surface area contributed by atoms with Gasteiger partial charge in [0.05, 0.1) is 23.3 Å². The number of aromatic nitrogens is 1. The van der Waals surface area contributed by atoms with Crippen LogP contribution in [0, 0.1) is 19.7 Å². The van der Waals surface area contributed by atoms with E-state index in [9.17, 15) is 17.6 Å². The topological polar surface area (TPSA) is 96.8 Å². The van der Waals surface area contributed by atoms with Crippen LogP contribution in [0.25, 0.3) is 11.1 Å². The van der Waals surface area contributed by atoms with Crippen molar-refractivity contribution in [3.8, 4) is 16.9 Å². The van der Waals surface area contributed by atoms with Crippen LogP contribution in [0.5, 0.6) is 5.75 Å². The number of carbonyl (C=O) groups is 1. The highest BCUT2D eigenvalue weighted by atomic mass is 32.2. The summed E-state index contributed by atoms with van der Waals surface area (Å²) in [5.74, 6) is -1.16. The fraction of sp³-hybridized carbons (Fsp3) is 0.250. The number of nitrogens with zero attached hydrogens (tertiary/aromatic N) is 2. The van der Waals surface area contributed by atoms with Crippen molar-refractivity contribution in [3.63, 3.8) is 0 Å². The summed E-state index contributed by atoms with van der Waals surface area (Å²) in [4.78, 5) is 15.2. The van der Waals surface area contributed by atoms with E-state index >= 15 is 0 Å². The SMILES string of the molecule is Cc1cccc(S(=O)(=O)N2C[C@H](CCC(=O)O)Oc3ccc(-c4cc(F)cnc4C)cc32)c1. The summed E-state index contributed by atoms with van der Waals surface area (Å²) in [6, 6.07) is 12.9. The molecule has 1 aliphatic rings. The highest BCUT2D eigenvalue weighted by molar-refractivity contribution is 7.92. The molecule has 7 nitrogen and oxygen atoms in total. The molecule has 0 unspecified atom stereocenters. The van der Waals surface area contributed by atoms with Crippen LogP contribution in [0.1, 0.15) is 24.1 Å². The van der Waals surface area contributed by atoms with E-state index in [0.29, 0.717) is 28.3 Å². The summed E-state index contributed by atoms with van der Waals surface area (Å²) >= 11 is 0. The lowest BCUT2D eigenvalue weighted by atomic mass is 10.0. The maximum atomic E-state index is 13.9. The Kier molecular flexibility index (Phi) is 6.07. The number of hydrogen-bond acceptors (Lipinski definition) is 5. The van der Waals surface area contributed by atoms with E-state index in [1.807, 2.05) is 0 Å². The van der Waals surface area contributed by atoms with Crippen molar-refractivity contribution < 1.29 is 27.4 Å². The second-order valence-electron chi connectivity index (χ2n) is 7.99. The monoisotopic (exact) mass is 470 g/mol. The van der Waals surface area contributed by atoms with Crippen molar-refractivity contribution in [2.45, 2.75) is 37.7 Å². The van der Waals surface area contributed by atoms with Crippen LogP contribution < -0.4 is 9.04 Å². The molecule has 0 saturated carbocycles.